The van der Waals surface area contributed by atoms with Gasteiger partial charge in [-0.05, 0) is 49.9 Å². The fourth-order valence-electron chi connectivity index (χ4n) is 3.62. The second kappa shape index (κ2) is 7.81. The molecule has 8 nitrogen and oxygen atoms in total. The topological polar surface area (TPSA) is 112 Å². The van der Waals surface area contributed by atoms with Gasteiger partial charge in [0.2, 0.25) is 5.95 Å². The van der Waals surface area contributed by atoms with Gasteiger partial charge >= 0.3 is 0 Å². The molecule has 8 heteroatoms. The van der Waals surface area contributed by atoms with Crippen molar-refractivity contribution >= 4 is 34.0 Å². The number of fused-ring (bicyclic) bond motifs is 1. The molecule has 0 bridgehead atoms. The number of nitrogens with zero attached hydrogens (tertiary/aromatic N) is 4. The Balaban J connectivity index is 1.77. The van der Waals surface area contributed by atoms with Crippen LogP contribution in [0.15, 0.2) is 36.4 Å². The average molecular weight is 389 g/mol. The summed E-state index contributed by atoms with van der Waals surface area (Å²) in [6.07, 6.45) is 1.05. The molecule has 2 heterocycles. The molecule has 1 aromatic heterocycles. The molecule has 1 fully saturated rings. The van der Waals surface area contributed by atoms with Crippen LogP contribution in [0.1, 0.15) is 12.0 Å². The summed E-state index contributed by atoms with van der Waals surface area (Å²) in [5.41, 5.74) is 8.39. The average Bonchev–Trinajstić information content (AvgIpc) is 3.21. The summed E-state index contributed by atoms with van der Waals surface area (Å²) in [5.74, 6) is 2.08. The Bertz CT molecular complexity index is 1090. The van der Waals surface area contributed by atoms with Crippen LogP contribution in [0.25, 0.3) is 10.9 Å². The van der Waals surface area contributed by atoms with Gasteiger partial charge in [0.05, 0.1) is 24.3 Å². The van der Waals surface area contributed by atoms with E-state index in [9.17, 15) is 5.26 Å². The van der Waals surface area contributed by atoms with Crippen LogP contribution in [0.5, 0.6) is 5.75 Å². The van der Waals surface area contributed by atoms with Crippen LogP contribution in [0.2, 0.25) is 0 Å². The van der Waals surface area contributed by atoms with E-state index in [0.717, 1.165) is 42.0 Å². The Morgan fingerprint density at radius 2 is 2.10 bits per heavy atom. The second-order valence-electron chi connectivity index (χ2n) is 7.05. The number of aromatic nitrogens is 2. The number of benzene rings is 2. The van der Waals surface area contributed by atoms with E-state index in [4.69, 9.17) is 15.5 Å². The smallest absolute Gasteiger partial charge is 0.229 e. The number of hydrogen-bond acceptors (Lipinski definition) is 8. The highest BCUT2D eigenvalue weighted by atomic mass is 16.5. The summed E-state index contributed by atoms with van der Waals surface area (Å²) in [5, 5.41) is 16.7. The number of hydrogen-bond donors (Lipinski definition) is 3. The molecule has 1 aliphatic heterocycles. The van der Waals surface area contributed by atoms with Gasteiger partial charge in [0.1, 0.15) is 11.6 Å². The molecule has 0 radical (unpaired) electrons. The van der Waals surface area contributed by atoms with Gasteiger partial charge in [-0.25, -0.2) is 4.98 Å². The third kappa shape index (κ3) is 3.86. The molecule has 3 aromatic rings. The van der Waals surface area contributed by atoms with E-state index >= 15 is 0 Å². The number of anilines is 4. The van der Waals surface area contributed by atoms with Crippen molar-refractivity contribution in [1.82, 2.24) is 15.3 Å². The molecule has 0 amide bonds. The minimum atomic E-state index is 0.425. The normalized spacial score (nSPS) is 16.0. The van der Waals surface area contributed by atoms with Crippen LogP contribution >= 0.6 is 0 Å². The highest BCUT2D eigenvalue weighted by Gasteiger charge is 2.24. The molecule has 0 saturated carbocycles. The highest BCUT2D eigenvalue weighted by molar-refractivity contribution is 5.92. The Morgan fingerprint density at radius 1 is 1.24 bits per heavy atom. The lowest BCUT2D eigenvalue weighted by molar-refractivity contribution is 0.415. The molecule has 4 rings (SSSR count). The first kappa shape index (κ1) is 18.8. The minimum Gasteiger partial charge on any atom is -0.497 e. The van der Waals surface area contributed by atoms with Crippen molar-refractivity contribution in [2.45, 2.75) is 12.5 Å². The maximum Gasteiger partial charge on any atom is 0.229 e. The zero-order valence-electron chi connectivity index (χ0n) is 16.4. The third-order valence-corrected chi connectivity index (χ3v) is 5.12. The fourth-order valence-corrected chi connectivity index (χ4v) is 3.62. The first-order valence-electron chi connectivity index (χ1n) is 9.45. The van der Waals surface area contributed by atoms with E-state index in [1.165, 1.54) is 0 Å². The summed E-state index contributed by atoms with van der Waals surface area (Å²) >= 11 is 0. The molecule has 1 atom stereocenters. The molecule has 148 valence electrons. The van der Waals surface area contributed by atoms with Crippen LogP contribution in [-0.2, 0) is 0 Å². The molecule has 0 spiro atoms. The molecule has 29 heavy (non-hydrogen) atoms. The monoisotopic (exact) mass is 389 g/mol. The van der Waals surface area contributed by atoms with Gasteiger partial charge in [-0.3, -0.25) is 0 Å². The van der Waals surface area contributed by atoms with Crippen LogP contribution in [0, 0.1) is 11.3 Å². The fraction of sp³-hybridized carbons (Fsp3) is 0.286. The Labute approximate surface area is 169 Å². The van der Waals surface area contributed by atoms with Gasteiger partial charge in [-0.2, -0.15) is 10.2 Å². The first-order chi connectivity index (χ1) is 14.1. The van der Waals surface area contributed by atoms with Gasteiger partial charge < -0.3 is 26.0 Å². The van der Waals surface area contributed by atoms with Gasteiger partial charge in [0.15, 0.2) is 0 Å². The lowest BCUT2D eigenvalue weighted by atomic mass is 10.2. The predicted molar refractivity (Wildman–Crippen MR) is 115 cm³/mol. The quantitative estimate of drug-likeness (QED) is 0.571. The number of likely N-dealkylation sites (N-methyl/N-ethyl adjacent to an activating group) is 1. The number of nitrogen functional groups attached to an aromatic ring is 1. The van der Waals surface area contributed by atoms with Crippen molar-refractivity contribution in [3.63, 3.8) is 0 Å². The van der Waals surface area contributed by atoms with Crippen LogP contribution in [0.4, 0.5) is 23.1 Å². The number of nitriles is 1. The van der Waals surface area contributed by atoms with E-state index < -0.39 is 0 Å². The van der Waals surface area contributed by atoms with Crippen molar-refractivity contribution in [3.05, 3.63) is 42.0 Å². The first-order valence-corrected chi connectivity index (χ1v) is 9.45. The lowest BCUT2D eigenvalue weighted by Gasteiger charge is -2.20. The molecule has 2 aromatic carbocycles. The molecule has 4 N–H and O–H groups in total. The van der Waals surface area contributed by atoms with E-state index in [1.54, 1.807) is 25.3 Å². The van der Waals surface area contributed by atoms with Gasteiger partial charge in [-0.1, -0.05) is 0 Å². The van der Waals surface area contributed by atoms with Gasteiger partial charge in [-0.15, -0.1) is 0 Å². The summed E-state index contributed by atoms with van der Waals surface area (Å²) in [4.78, 5) is 11.7. The molecule has 1 aliphatic rings. The standard InChI is InChI=1S/C21H23N7O/c1-24-15-5-6-28(12-15)20-18-10-17(29-2)3-4-19(18)26-21(27-20)25-16-8-13(11-22)7-14(23)9-16/h3-4,7-10,15,24H,5-6,12,23H2,1-2H3,(H,25,26,27). The number of rotatable bonds is 5. The van der Waals surface area contributed by atoms with Crippen molar-refractivity contribution in [2.24, 2.45) is 0 Å². The number of methoxy groups -OCH3 is 1. The van der Waals surface area contributed by atoms with E-state index in [2.05, 4.69) is 26.6 Å². The Hall–Kier alpha value is -3.57. The van der Waals surface area contributed by atoms with Crippen LogP contribution < -0.4 is 26.0 Å². The molecular weight excluding hydrogens is 366 g/mol. The van der Waals surface area contributed by atoms with Crippen molar-refractivity contribution in [3.8, 4) is 11.8 Å². The molecule has 1 saturated heterocycles. The predicted octanol–water partition coefficient (Wildman–Crippen LogP) is 2.63. The van der Waals surface area contributed by atoms with Crippen molar-refractivity contribution < 1.29 is 4.74 Å². The molecular formula is C21H23N7O. The summed E-state index contributed by atoms with van der Waals surface area (Å²) in [6.45, 7) is 1.78. The second-order valence-corrected chi connectivity index (χ2v) is 7.05. The zero-order chi connectivity index (χ0) is 20.4. The Kier molecular flexibility index (Phi) is 5.06. The van der Waals surface area contributed by atoms with Crippen LogP contribution in [-0.4, -0.2) is 43.3 Å². The zero-order valence-corrected chi connectivity index (χ0v) is 16.4. The summed E-state index contributed by atoms with van der Waals surface area (Å²) in [7, 11) is 3.63. The summed E-state index contributed by atoms with van der Waals surface area (Å²) < 4.78 is 5.40. The van der Waals surface area contributed by atoms with E-state index in [-0.39, 0.29) is 0 Å². The number of nitrogens with one attached hydrogen (secondary N) is 2. The van der Waals surface area contributed by atoms with Crippen LogP contribution in [0.3, 0.4) is 0 Å². The largest absolute Gasteiger partial charge is 0.497 e. The van der Waals surface area contributed by atoms with E-state index in [1.807, 2.05) is 25.2 Å². The minimum absolute atomic E-state index is 0.425. The number of nitrogens with two attached hydrogens (primary N) is 1. The molecule has 0 aliphatic carbocycles. The van der Waals surface area contributed by atoms with Crippen molar-refractivity contribution in [2.75, 3.05) is 43.2 Å². The third-order valence-electron chi connectivity index (χ3n) is 5.12. The maximum absolute atomic E-state index is 9.19. The lowest BCUT2D eigenvalue weighted by Crippen LogP contribution is -2.30. The summed E-state index contributed by atoms with van der Waals surface area (Å²) in [6, 6.07) is 13.4. The number of ether oxygens (including phenoxy) is 1. The maximum atomic E-state index is 9.19. The van der Waals surface area contributed by atoms with Gasteiger partial charge in [0.25, 0.3) is 0 Å². The Morgan fingerprint density at radius 3 is 2.83 bits per heavy atom. The molecule has 1 unspecified atom stereocenters. The van der Waals surface area contributed by atoms with Crippen molar-refractivity contribution in [1.29, 1.82) is 5.26 Å². The SMILES string of the molecule is CNC1CCN(c2nc(Nc3cc(N)cc(C#N)c3)nc3ccc(OC)cc23)C1. The van der Waals surface area contributed by atoms with Gasteiger partial charge in [0, 0.05) is 35.9 Å². The highest BCUT2D eigenvalue weighted by Crippen LogP contribution is 2.32. The van der Waals surface area contributed by atoms with E-state index in [0.29, 0.717) is 28.9 Å².